The molecule has 1 atom stereocenters. The number of halogens is 2. The van der Waals surface area contributed by atoms with Crippen molar-refractivity contribution < 1.29 is 0 Å². The van der Waals surface area contributed by atoms with Crippen LogP contribution in [0.15, 0.2) is 18.2 Å². The van der Waals surface area contributed by atoms with Crippen molar-refractivity contribution in [2.24, 2.45) is 11.8 Å². The number of rotatable bonds is 3. The highest BCUT2D eigenvalue weighted by molar-refractivity contribution is 6.34. The lowest BCUT2D eigenvalue weighted by molar-refractivity contribution is 0.238. The standard InChI is InChI=1S/C15H21Cl2N/c1-10-3-5-11(6-4-10)15(18-2)12-7-13(16)9-14(17)8-12/h7-11,15,18H,3-6H2,1-2H3. The zero-order valence-electron chi connectivity index (χ0n) is 11.0. The molecule has 3 heteroatoms. The van der Waals surface area contributed by atoms with Crippen molar-refractivity contribution in [3.63, 3.8) is 0 Å². The summed E-state index contributed by atoms with van der Waals surface area (Å²) in [5.41, 5.74) is 1.22. The molecular weight excluding hydrogens is 265 g/mol. The molecular formula is C15H21Cl2N. The van der Waals surface area contributed by atoms with Gasteiger partial charge < -0.3 is 5.32 Å². The molecule has 2 rings (SSSR count). The molecule has 1 saturated carbocycles. The maximum absolute atomic E-state index is 6.10. The van der Waals surface area contributed by atoms with Gasteiger partial charge in [0.15, 0.2) is 0 Å². The lowest BCUT2D eigenvalue weighted by Crippen LogP contribution is -2.28. The molecule has 0 radical (unpaired) electrons. The zero-order chi connectivity index (χ0) is 13.1. The van der Waals surface area contributed by atoms with Crippen LogP contribution in [0, 0.1) is 11.8 Å². The third-order valence-electron chi connectivity index (χ3n) is 4.09. The van der Waals surface area contributed by atoms with Crippen LogP contribution >= 0.6 is 23.2 Å². The fourth-order valence-electron chi connectivity index (χ4n) is 3.05. The minimum Gasteiger partial charge on any atom is -0.313 e. The van der Waals surface area contributed by atoms with Gasteiger partial charge in [0.2, 0.25) is 0 Å². The summed E-state index contributed by atoms with van der Waals surface area (Å²) in [6, 6.07) is 6.23. The van der Waals surface area contributed by atoms with Crippen LogP contribution < -0.4 is 5.32 Å². The lowest BCUT2D eigenvalue weighted by Gasteiger charge is -2.33. The van der Waals surface area contributed by atoms with Crippen molar-refractivity contribution in [3.05, 3.63) is 33.8 Å². The molecule has 1 N–H and O–H groups in total. The second-order valence-corrected chi connectivity index (χ2v) is 6.36. The highest BCUT2D eigenvalue weighted by atomic mass is 35.5. The van der Waals surface area contributed by atoms with Crippen LogP contribution in [-0.4, -0.2) is 7.05 Å². The van der Waals surface area contributed by atoms with Crippen LogP contribution in [0.1, 0.15) is 44.2 Å². The van der Waals surface area contributed by atoms with E-state index in [0.717, 1.165) is 16.0 Å². The Kier molecular flexibility index (Phi) is 4.94. The molecule has 0 bridgehead atoms. The minimum atomic E-state index is 0.369. The van der Waals surface area contributed by atoms with E-state index in [0.29, 0.717) is 12.0 Å². The van der Waals surface area contributed by atoms with Gasteiger partial charge in [-0.05, 0) is 55.5 Å². The molecule has 1 fully saturated rings. The Labute approximate surface area is 120 Å². The Morgan fingerprint density at radius 1 is 1.06 bits per heavy atom. The fraction of sp³-hybridized carbons (Fsp3) is 0.600. The first-order chi connectivity index (χ1) is 8.60. The summed E-state index contributed by atoms with van der Waals surface area (Å²) >= 11 is 12.2. The molecule has 1 unspecified atom stereocenters. The Hall–Kier alpha value is -0.240. The third-order valence-corrected chi connectivity index (χ3v) is 4.52. The van der Waals surface area contributed by atoms with Crippen molar-refractivity contribution in [2.75, 3.05) is 7.05 Å². The molecule has 18 heavy (non-hydrogen) atoms. The summed E-state index contributed by atoms with van der Waals surface area (Å²) in [5.74, 6) is 1.57. The Morgan fingerprint density at radius 3 is 2.11 bits per heavy atom. The predicted octanol–water partition coefficient (Wildman–Crippen LogP) is 5.08. The molecule has 0 saturated heterocycles. The maximum Gasteiger partial charge on any atom is 0.0424 e. The molecule has 0 amide bonds. The summed E-state index contributed by atoms with van der Waals surface area (Å²) in [7, 11) is 2.03. The van der Waals surface area contributed by atoms with Gasteiger partial charge in [-0.3, -0.25) is 0 Å². The predicted molar refractivity (Wildman–Crippen MR) is 79.4 cm³/mol. The zero-order valence-corrected chi connectivity index (χ0v) is 12.6. The number of hydrogen-bond donors (Lipinski definition) is 1. The van der Waals surface area contributed by atoms with E-state index in [9.17, 15) is 0 Å². The minimum absolute atomic E-state index is 0.369. The van der Waals surface area contributed by atoms with Crippen LogP contribution in [0.3, 0.4) is 0 Å². The highest BCUT2D eigenvalue weighted by Crippen LogP contribution is 2.37. The van der Waals surface area contributed by atoms with Crippen molar-refractivity contribution >= 4 is 23.2 Å². The van der Waals surface area contributed by atoms with E-state index in [4.69, 9.17) is 23.2 Å². The molecule has 1 aliphatic rings. The summed E-state index contributed by atoms with van der Waals surface area (Å²) in [6.07, 6.45) is 5.24. The number of benzene rings is 1. The Morgan fingerprint density at radius 2 is 1.61 bits per heavy atom. The van der Waals surface area contributed by atoms with Crippen LogP contribution in [0.5, 0.6) is 0 Å². The highest BCUT2D eigenvalue weighted by Gasteiger charge is 2.26. The van der Waals surface area contributed by atoms with E-state index in [2.05, 4.69) is 12.2 Å². The molecule has 1 nitrogen and oxygen atoms in total. The van der Waals surface area contributed by atoms with Gasteiger partial charge in [0.1, 0.15) is 0 Å². The van der Waals surface area contributed by atoms with Crippen molar-refractivity contribution in [2.45, 2.75) is 38.6 Å². The van der Waals surface area contributed by atoms with E-state index in [1.54, 1.807) is 6.07 Å². The topological polar surface area (TPSA) is 12.0 Å². The third kappa shape index (κ3) is 3.40. The van der Waals surface area contributed by atoms with Gasteiger partial charge in [0, 0.05) is 16.1 Å². The molecule has 0 aliphatic heterocycles. The Balaban J connectivity index is 2.17. The van der Waals surface area contributed by atoms with E-state index in [1.807, 2.05) is 19.2 Å². The average Bonchev–Trinajstić information content (AvgIpc) is 2.31. The van der Waals surface area contributed by atoms with Crippen molar-refractivity contribution in [1.82, 2.24) is 5.32 Å². The first-order valence-electron chi connectivity index (χ1n) is 6.73. The van der Waals surface area contributed by atoms with Gasteiger partial charge in [-0.25, -0.2) is 0 Å². The molecule has 0 heterocycles. The second-order valence-electron chi connectivity index (χ2n) is 5.49. The van der Waals surface area contributed by atoms with E-state index >= 15 is 0 Å². The van der Waals surface area contributed by atoms with Crippen molar-refractivity contribution in [1.29, 1.82) is 0 Å². The largest absolute Gasteiger partial charge is 0.313 e. The molecule has 1 aromatic rings. The number of nitrogens with one attached hydrogen (secondary N) is 1. The van der Waals surface area contributed by atoms with E-state index in [-0.39, 0.29) is 0 Å². The van der Waals surface area contributed by atoms with E-state index < -0.39 is 0 Å². The number of hydrogen-bond acceptors (Lipinski definition) is 1. The molecule has 100 valence electrons. The summed E-state index contributed by atoms with van der Waals surface area (Å²) in [6.45, 7) is 2.35. The average molecular weight is 286 g/mol. The molecule has 0 aromatic heterocycles. The first-order valence-corrected chi connectivity index (χ1v) is 7.49. The lowest BCUT2D eigenvalue weighted by atomic mass is 9.77. The smallest absolute Gasteiger partial charge is 0.0424 e. The normalized spacial score (nSPS) is 26.0. The SMILES string of the molecule is CNC(c1cc(Cl)cc(Cl)c1)C1CCC(C)CC1. The van der Waals surface area contributed by atoms with Crippen LogP contribution in [0.25, 0.3) is 0 Å². The molecule has 1 aromatic carbocycles. The van der Waals surface area contributed by atoms with Gasteiger partial charge in [0.05, 0.1) is 0 Å². The molecule has 0 spiro atoms. The first kappa shape index (κ1) is 14.2. The molecule has 1 aliphatic carbocycles. The van der Waals surface area contributed by atoms with Gasteiger partial charge in [-0.2, -0.15) is 0 Å². The van der Waals surface area contributed by atoms with E-state index in [1.165, 1.54) is 31.2 Å². The fourth-order valence-corrected chi connectivity index (χ4v) is 3.59. The monoisotopic (exact) mass is 285 g/mol. The van der Waals surface area contributed by atoms with Crippen LogP contribution in [-0.2, 0) is 0 Å². The second kappa shape index (κ2) is 6.27. The summed E-state index contributed by atoms with van der Waals surface area (Å²) < 4.78 is 0. The van der Waals surface area contributed by atoms with Crippen molar-refractivity contribution in [3.8, 4) is 0 Å². The summed E-state index contributed by atoms with van der Waals surface area (Å²) in [4.78, 5) is 0. The maximum atomic E-state index is 6.10. The van der Waals surface area contributed by atoms with Gasteiger partial charge in [-0.1, -0.05) is 43.0 Å². The Bertz CT molecular complexity index is 377. The summed E-state index contributed by atoms with van der Waals surface area (Å²) in [5, 5.41) is 4.89. The quantitative estimate of drug-likeness (QED) is 0.817. The van der Waals surface area contributed by atoms with Crippen LogP contribution in [0.2, 0.25) is 10.0 Å². The van der Waals surface area contributed by atoms with Crippen LogP contribution in [0.4, 0.5) is 0 Å². The van der Waals surface area contributed by atoms with Gasteiger partial charge in [-0.15, -0.1) is 0 Å². The van der Waals surface area contributed by atoms with Gasteiger partial charge >= 0.3 is 0 Å². The van der Waals surface area contributed by atoms with Gasteiger partial charge in [0.25, 0.3) is 0 Å².